The summed E-state index contributed by atoms with van der Waals surface area (Å²) in [6, 6.07) is 131. The Kier molecular flexibility index (Phi) is 14.1. The van der Waals surface area contributed by atoms with Crippen molar-refractivity contribution < 1.29 is 0 Å². The second-order valence-corrected chi connectivity index (χ2v) is 25.7. The van der Waals surface area contributed by atoms with E-state index in [1.807, 2.05) is 24.5 Å². The molecule has 0 aliphatic heterocycles. The van der Waals surface area contributed by atoms with Gasteiger partial charge in [-0.3, -0.25) is 9.55 Å². The molecule has 0 unspecified atom stereocenters. The van der Waals surface area contributed by atoms with Gasteiger partial charge in [0.15, 0.2) is 0 Å². The molecular weight excluding hydrogens is 1210 g/mol. The van der Waals surface area contributed by atoms with Crippen molar-refractivity contribution in [3.05, 3.63) is 376 Å². The molecule has 0 bridgehead atoms. The van der Waals surface area contributed by atoms with Crippen LogP contribution < -0.4 is 0 Å². The van der Waals surface area contributed by atoms with Crippen LogP contribution in [0.4, 0.5) is 0 Å². The first-order chi connectivity index (χ1) is 49.6. The van der Waals surface area contributed by atoms with Crippen LogP contribution in [0.15, 0.2) is 376 Å². The summed E-state index contributed by atoms with van der Waals surface area (Å²) < 4.78 is 9.45. The number of aromatic nitrogens is 6. The van der Waals surface area contributed by atoms with E-state index in [2.05, 4.69) is 375 Å². The first-order valence-corrected chi connectivity index (χ1v) is 34.1. The summed E-state index contributed by atoms with van der Waals surface area (Å²) in [5.41, 5.74) is 27.0. The third-order valence-corrected chi connectivity index (χ3v) is 20.0. The predicted molar refractivity (Wildman–Crippen MR) is 418 cm³/mol. The average Bonchev–Trinajstić information content (AvgIpc) is 1.59. The van der Waals surface area contributed by atoms with Crippen molar-refractivity contribution in [1.82, 2.24) is 28.2 Å². The molecule has 6 heterocycles. The summed E-state index contributed by atoms with van der Waals surface area (Å²) in [6.45, 7) is 0. The second-order valence-electron chi connectivity index (χ2n) is 25.7. The van der Waals surface area contributed by atoms with Gasteiger partial charge in [-0.25, -0.2) is 4.98 Å². The molecule has 0 spiro atoms. The van der Waals surface area contributed by atoms with Gasteiger partial charge in [-0.2, -0.15) is 0 Å². The van der Waals surface area contributed by atoms with Gasteiger partial charge in [0.25, 0.3) is 0 Å². The number of benzene rings is 14. The Bertz CT molecular complexity index is 6080. The monoisotopic (exact) mass is 1270 g/mol. The van der Waals surface area contributed by atoms with E-state index >= 15 is 0 Å². The van der Waals surface area contributed by atoms with Crippen LogP contribution >= 0.6 is 0 Å². The first-order valence-electron chi connectivity index (χ1n) is 34.1. The highest BCUT2D eigenvalue weighted by Gasteiger charge is 2.20. The Morgan fingerprint density at radius 2 is 0.500 bits per heavy atom. The van der Waals surface area contributed by atoms with Crippen LogP contribution in [0.25, 0.3) is 177 Å². The molecule has 0 amide bonds. The SMILES string of the molecule is c1ccc(-c2ccc(-n3c4ccccc4c4cc(-c5ccc6c(c5)c5ccccc5n6-c5cccc(-c6ccccc6)n5)ccc43)cc2)cc1.c1ccc(-c2ccc(-n3c4ccccc4c4cc(-c5ccc6c(c5)c5ccccc5n6-c5cccc(-c6cccnc6)c5)ccc43)cc2)cc1. The molecule has 0 aliphatic rings. The van der Waals surface area contributed by atoms with E-state index in [-0.39, 0.29) is 0 Å². The zero-order valence-corrected chi connectivity index (χ0v) is 54.5. The quantitative estimate of drug-likeness (QED) is 0.137. The van der Waals surface area contributed by atoms with Crippen molar-refractivity contribution in [1.29, 1.82) is 0 Å². The number of hydrogen-bond donors (Lipinski definition) is 0. The zero-order chi connectivity index (χ0) is 66.0. The molecule has 0 N–H and O–H groups in total. The Balaban J connectivity index is 0.000000139. The van der Waals surface area contributed by atoms with E-state index in [9.17, 15) is 0 Å². The Labute approximate surface area is 578 Å². The maximum atomic E-state index is 5.14. The second kappa shape index (κ2) is 24.3. The van der Waals surface area contributed by atoms with Crippen LogP contribution in [0.1, 0.15) is 0 Å². The van der Waals surface area contributed by atoms with Gasteiger partial charge in [0.1, 0.15) is 5.82 Å². The van der Waals surface area contributed by atoms with Gasteiger partial charge >= 0.3 is 0 Å². The van der Waals surface area contributed by atoms with Crippen LogP contribution in [0, 0.1) is 0 Å². The molecule has 0 radical (unpaired) electrons. The summed E-state index contributed by atoms with van der Waals surface area (Å²) in [5, 5.41) is 9.91. The lowest BCUT2D eigenvalue weighted by atomic mass is 10.0. The molecule has 100 heavy (non-hydrogen) atoms. The molecule has 468 valence electrons. The zero-order valence-electron chi connectivity index (χ0n) is 54.5. The minimum absolute atomic E-state index is 0.913. The van der Waals surface area contributed by atoms with Crippen LogP contribution in [0.2, 0.25) is 0 Å². The molecule has 6 nitrogen and oxygen atoms in total. The van der Waals surface area contributed by atoms with Gasteiger partial charge in [-0.05, 0) is 177 Å². The van der Waals surface area contributed by atoms with E-state index in [4.69, 9.17) is 4.98 Å². The molecule has 0 saturated heterocycles. The van der Waals surface area contributed by atoms with Crippen LogP contribution in [0.5, 0.6) is 0 Å². The normalized spacial score (nSPS) is 11.6. The standard InChI is InChI=1S/2C47H31N3/c1-3-12-32(13-4-1)33-22-26-37(27-23-33)49-43-19-9-7-16-38(43)40-30-35(24-28-45(40)49)36-25-29-46-41(31-36)39-17-8-10-20-44(39)50(46)47-21-11-18-42(48-47)34-14-5-2-6-15-34;1-2-10-32(11-3-1)33-19-23-38(24-20-33)49-44-17-6-4-15-40(44)42-29-35(21-25-46(42)49)36-22-26-47-43(30-36)41-16-5-7-18-45(41)50(47)39-14-8-12-34(28-39)37-13-9-27-48-31-37/h2*1-31H. The molecule has 6 heteroatoms. The van der Waals surface area contributed by atoms with Gasteiger partial charge in [0.2, 0.25) is 0 Å². The third-order valence-electron chi connectivity index (χ3n) is 20.0. The van der Waals surface area contributed by atoms with Crippen molar-refractivity contribution in [3.8, 4) is 89.8 Å². The van der Waals surface area contributed by atoms with Gasteiger partial charge in [-0.1, -0.05) is 237 Å². The van der Waals surface area contributed by atoms with Crippen molar-refractivity contribution in [2.75, 3.05) is 0 Å². The van der Waals surface area contributed by atoms with Crippen molar-refractivity contribution >= 4 is 87.2 Å². The van der Waals surface area contributed by atoms with E-state index < -0.39 is 0 Å². The highest BCUT2D eigenvalue weighted by molar-refractivity contribution is 6.15. The molecule has 0 aliphatic carbocycles. The van der Waals surface area contributed by atoms with E-state index in [0.29, 0.717) is 0 Å². The smallest absolute Gasteiger partial charge is 0.138 e. The molecule has 20 rings (SSSR count). The highest BCUT2D eigenvalue weighted by atomic mass is 15.1. The maximum absolute atomic E-state index is 5.14. The molecule has 14 aromatic carbocycles. The number of hydrogen-bond acceptors (Lipinski definition) is 2. The summed E-state index contributed by atoms with van der Waals surface area (Å²) >= 11 is 0. The van der Waals surface area contributed by atoms with Gasteiger partial charge in [0, 0.05) is 83.7 Å². The molecule has 0 atom stereocenters. The minimum Gasteiger partial charge on any atom is -0.309 e. The number of pyridine rings is 2. The Morgan fingerprint density at radius 3 is 0.930 bits per heavy atom. The minimum atomic E-state index is 0.913. The number of nitrogens with zero attached hydrogens (tertiary/aromatic N) is 6. The van der Waals surface area contributed by atoms with Gasteiger partial charge in [-0.15, -0.1) is 0 Å². The van der Waals surface area contributed by atoms with Crippen molar-refractivity contribution in [2.45, 2.75) is 0 Å². The van der Waals surface area contributed by atoms with E-state index in [1.54, 1.807) is 0 Å². The third kappa shape index (κ3) is 10.0. The largest absolute Gasteiger partial charge is 0.309 e. The topological polar surface area (TPSA) is 45.5 Å². The van der Waals surface area contributed by atoms with Crippen molar-refractivity contribution in [2.24, 2.45) is 0 Å². The summed E-state index contributed by atoms with van der Waals surface area (Å²) in [7, 11) is 0. The lowest BCUT2D eigenvalue weighted by Crippen LogP contribution is -1.98. The average molecular weight is 1280 g/mol. The van der Waals surface area contributed by atoms with E-state index in [1.165, 1.54) is 121 Å². The summed E-state index contributed by atoms with van der Waals surface area (Å²) in [5.74, 6) is 0.913. The number of rotatable bonds is 10. The van der Waals surface area contributed by atoms with Crippen molar-refractivity contribution in [3.63, 3.8) is 0 Å². The predicted octanol–water partition coefficient (Wildman–Crippen LogP) is 24.6. The molecule has 0 saturated carbocycles. The van der Waals surface area contributed by atoms with Gasteiger partial charge in [0.05, 0.1) is 49.8 Å². The molecule has 6 aromatic heterocycles. The van der Waals surface area contributed by atoms with Crippen LogP contribution in [0.3, 0.4) is 0 Å². The fraction of sp³-hybridized carbons (Fsp3) is 0. The highest BCUT2D eigenvalue weighted by Crippen LogP contribution is 2.42. The Hall–Kier alpha value is -13.4. The van der Waals surface area contributed by atoms with Gasteiger partial charge < -0.3 is 13.7 Å². The van der Waals surface area contributed by atoms with Crippen LogP contribution in [-0.2, 0) is 0 Å². The summed E-state index contributed by atoms with van der Waals surface area (Å²) in [4.78, 5) is 9.49. The molecular formula is C94H62N6. The van der Waals surface area contributed by atoms with Crippen LogP contribution in [-0.4, -0.2) is 28.2 Å². The number of para-hydroxylation sites is 4. The molecule has 20 aromatic rings. The molecule has 0 fully saturated rings. The lowest BCUT2D eigenvalue weighted by Gasteiger charge is -2.11. The fourth-order valence-electron chi connectivity index (χ4n) is 15.2. The maximum Gasteiger partial charge on any atom is 0.138 e. The lowest BCUT2D eigenvalue weighted by molar-refractivity contribution is 1.08. The first kappa shape index (κ1) is 58.0. The Morgan fingerprint density at radius 1 is 0.180 bits per heavy atom. The fourth-order valence-corrected chi connectivity index (χ4v) is 15.2. The van der Waals surface area contributed by atoms with E-state index in [0.717, 1.165) is 56.3 Å². The number of fused-ring (bicyclic) bond motifs is 12. The summed E-state index contributed by atoms with van der Waals surface area (Å²) in [6.07, 6.45) is 3.74.